The molecule has 1 heterocycles. The number of ether oxygens (including phenoxy) is 3. The Hall–Kier alpha value is -3.54. The molecule has 2 N–H and O–H groups in total. The Kier molecular flexibility index (Phi) is 10.6. The molecule has 0 radical (unpaired) electrons. The highest BCUT2D eigenvalue weighted by Crippen LogP contribution is 2.36. The van der Waals surface area contributed by atoms with Crippen LogP contribution >= 0.6 is 39.3 Å². The zero-order valence-electron chi connectivity index (χ0n) is 23.3. The first-order valence-electron chi connectivity index (χ1n) is 13.6. The maximum Gasteiger partial charge on any atom is 0.325 e. The standard InChI is InChI=1S/C32H29BrClN3O5S/c1-2-40-32(39)27(17-38)35-16-23-14-25(34)29(15-28(23)41-19-22-11-7-13-26-31(22)37-43-36-26)42-18-21-10-6-12-24(30(21)33)20-8-4-3-5-9-20/h3-15,27,35,38H,2,16-19H2,1H3. The van der Waals surface area contributed by atoms with Crippen molar-refractivity contribution in [3.8, 4) is 22.6 Å². The van der Waals surface area contributed by atoms with Crippen molar-refractivity contribution in [2.75, 3.05) is 13.2 Å². The minimum absolute atomic E-state index is 0.187. The number of carbonyl (C=O) groups is 1. The number of nitrogens with one attached hydrogen (secondary N) is 1. The zero-order valence-corrected chi connectivity index (χ0v) is 26.4. The maximum atomic E-state index is 12.2. The van der Waals surface area contributed by atoms with Crippen LogP contribution in [-0.2, 0) is 29.3 Å². The summed E-state index contributed by atoms with van der Waals surface area (Å²) in [6, 6.07) is 24.5. The van der Waals surface area contributed by atoms with Gasteiger partial charge in [0.1, 0.15) is 41.8 Å². The molecule has 0 spiro atoms. The lowest BCUT2D eigenvalue weighted by molar-refractivity contribution is -0.146. The number of hydrogen-bond donors (Lipinski definition) is 2. The van der Waals surface area contributed by atoms with Gasteiger partial charge in [-0.3, -0.25) is 10.1 Å². The largest absolute Gasteiger partial charge is 0.488 e. The summed E-state index contributed by atoms with van der Waals surface area (Å²) in [5, 5.41) is 13.2. The summed E-state index contributed by atoms with van der Waals surface area (Å²) < 4.78 is 27.2. The summed E-state index contributed by atoms with van der Waals surface area (Å²) in [5.74, 6) is 0.407. The molecule has 8 nitrogen and oxygen atoms in total. The van der Waals surface area contributed by atoms with Gasteiger partial charge in [0.25, 0.3) is 0 Å². The summed E-state index contributed by atoms with van der Waals surface area (Å²) in [4.78, 5) is 12.2. The van der Waals surface area contributed by atoms with E-state index in [0.29, 0.717) is 22.1 Å². The zero-order chi connectivity index (χ0) is 30.2. The number of esters is 1. The number of aromatic nitrogens is 2. The van der Waals surface area contributed by atoms with Crippen LogP contribution in [0, 0.1) is 0 Å². The molecule has 0 saturated carbocycles. The molecule has 5 aromatic rings. The van der Waals surface area contributed by atoms with Crippen molar-refractivity contribution < 1.29 is 24.1 Å². The third-order valence-corrected chi connectivity index (χ3v) is 8.48. The molecule has 5 rings (SSSR count). The van der Waals surface area contributed by atoms with Crippen molar-refractivity contribution in [3.05, 3.63) is 105 Å². The molecule has 1 atom stereocenters. The highest BCUT2D eigenvalue weighted by atomic mass is 79.9. The Bertz CT molecular complexity index is 1700. The smallest absolute Gasteiger partial charge is 0.325 e. The van der Waals surface area contributed by atoms with Crippen LogP contribution in [0.1, 0.15) is 23.6 Å². The third-order valence-electron chi connectivity index (χ3n) is 6.71. The van der Waals surface area contributed by atoms with E-state index < -0.39 is 18.6 Å². The molecule has 0 aliphatic heterocycles. The lowest BCUT2D eigenvalue weighted by Crippen LogP contribution is -2.40. The van der Waals surface area contributed by atoms with Gasteiger partial charge in [-0.25, -0.2) is 0 Å². The summed E-state index contributed by atoms with van der Waals surface area (Å²) >= 11 is 11.6. The quantitative estimate of drug-likeness (QED) is 0.129. The topological polar surface area (TPSA) is 103 Å². The molecular formula is C32H29BrClN3O5S. The monoisotopic (exact) mass is 681 g/mol. The predicted molar refractivity (Wildman–Crippen MR) is 171 cm³/mol. The molecule has 222 valence electrons. The predicted octanol–water partition coefficient (Wildman–Crippen LogP) is 6.95. The SMILES string of the molecule is CCOC(=O)C(CO)NCc1cc(Cl)c(OCc2cccc(-c3ccccc3)c2Br)cc1OCc1cccc2nsnc12. The number of carbonyl (C=O) groups excluding carboxylic acids is 1. The van der Waals surface area contributed by atoms with E-state index in [-0.39, 0.29) is 26.4 Å². The minimum Gasteiger partial charge on any atom is -0.488 e. The normalized spacial score (nSPS) is 11.8. The summed E-state index contributed by atoms with van der Waals surface area (Å²) in [7, 11) is 0. The molecule has 11 heteroatoms. The van der Waals surface area contributed by atoms with Crippen molar-refractivity contribution in [2.45, 2.75) is 32.7 Å². The van der Waals surface area contributed by atoms with Crippen molar-refractivity contribution in [1.82, 2.24) is 14.1 Å². The number of benzene rings is 4. The lowest BCUT2D eigenvalue weighted by atomic mass is 10.0. The molecule has 1 unspecified atom stereocenters. The average Bonchev–Trinajstić information content (AvgIpc) is 3.51. The van der Waals surface area contributed by atoms with Gasteiger partial charge in [-0.15, -0.1) is 0 Å². The number of hydrogen-bond acceptors (Lipinski definition) is 9. The minimum atomic E-state index is -0.897. The first-order chi connectivity index (χ1) is 21.0. The van der Waals surface area contributed by atoms with Crippen LogP contribution in [0.4, 0.5) is 0 Å². The van der Waals surface area contributed by atoms with Crippen LogP contribution < -0.4 is 14.8 Å². The van der Waals surface area contributed by atoms with E-state index in [2.05, 4.69) is 48.2 Å². The number of aliphatic hydroxyl groups is 1. The molecule has 0 bridgehead atoms. The van der Waals surface area contributed by atoms with E-state index in [9.17, 15) is 9.90 Å². The van der Waals surface area contributed by atoms with Gasteiger partial charge in [0.15, 0.2) is 0 Å². The summed E-state index contributed by atoms with van der Waals surface area (Å²) in [6.07, 6.45) is 0. The fourth-order valence-corrected chi connectivity index (χ4v) is 5.90. The fourth-order valence-electron chi connectivity index (χ4n) is 4.48. The highest BCUT2D eigenvalue weighted by Gasteiger charge is 2.20. The molecule has 0 saturated heterocycles. The fraction of sp³-hybridized carbons (Fsp3) is 0.219. The van der Waals surface area contributed by atoms with E-state index >= 15 is 0 Å². The Morgan fingerprint density at radius 1 is 0.953 bits per heavy atom. The Balaban J connectivity index is 1.39. The molecular weight excluding hydrogens is 654 g/mol. The van der Waals surface area contributed by atoms with Gasteiger partial charge in [-0.1, -0.05) is 72.3 Å². The Morgan fingerprint density at radius 3 is 2.49 bits per heavy atom. The first kappa shape index (κ1) is 30.9. The molecule has 0 amide bonds. The second kappa shape index (κ2) is 14.8. The van der Waals surface area contributed by atoms with Gasteiger partial charge < -0.3 is 19.3 Å². The molecule has 43 heavy (non-hydrogen) atoms. The Labute approximate surface area is 267 Å². The number of halogens is 2. The summed E-state index contributed by atoms with van der Waals surface area (Å²) in [6.45, 7) is 2.18. The summed E-state index contributed by atoms with van der Waals surface area (Å²) in [5.41, 5.74) is 6.24. The second-order valence-corrected chi connectivity index (χ2v) is 11.3. The van der Waals surface area contributed by atoms with Crippen molar-refractivity contribution in [3.63, 3.8) is 0 Å². The van der Waals surface area contributed by atoms with E-state index in [1.165, 1.54) is 0 Å². The van der Waals surface area contributed by atoms with Gasteiger partial charge in [0.05, 0.1) is 30.0 Å². The van der Waals surface area contributed by atoms with E-state index in [1.807, 2.05) is 48.5 Å². The number of rotatable bonds is 13. The van der Waals surface area contributed by atoms with E-state index in [1.54, 1.807) is 19.1 Å². The average molecular weight is 683 g/mol. The van der Waals surface area contributed by atoms with Crippen molar-refractivity contribution >= 4 is 56.3 Å². The van der Waals surface area contributed by atoms with Crippen LogP contribution in [0.5, 0.6) is 11.5 Å². The molecule has 0 aliphatic rings. The van der Waals surface area contributed by atoms with Crippen LogP contribution in [0.3, 0.4) is 0 Å². The van der Waals surface area contributed by atoms with Crippen LogP contribution in [0.2, 0.25) is 5.02 Å². The van der Waals surface area contributed by atoms with Crippen molar-refractivity contribution in [1.29, 1.82) is 0 Å². The van der Waals surface area contributed by atoms with Gasteiger partial charge in [-0.05, 0) is 46.1 Å². The molecule has 4 aromatic carbocycles. The third kappa shape index (κ3) is 7.52. The van der Waals surface area contributed by atoms with Crippen LogP contribution in [0.15, 0.2) is 83.3 Å². The van der Waals surface area contributed by atoms with Crippen LogP contribution in [-0.4, -0.2) is 39.1 Å². The number of aliphatic hydroxyl groups excluding tert-OH is 1. The Morgan fingerprint density at radius 2 is 1.70 bits per heavy atom. The number of nitrogens with zero attached hydrogens (tertiary/aromatic N) is 2. The van der Waals surface area contributed by atoms with Gasteiger partial charge in [0.2, 0.25) is 0 Å². The first-order valence-corrected chi connectivity index (χ1v) is 15.5. The molecule has 0 aliphatic carbocycles. The molecule has 1 aromatic heterocycles. The highest BCUT2D eigenvalue weighted by molar-refractivity contribution is 9.10. The second-order valence-electron chi connectivity index (χ2n) is 9.53. The van der Waals surface area contributed by atoms with E-state index in [4.69, 9.17) is 25.8 Å². The van der Waals surface area contributed by atoms with E-state index in [0.717, 1.165) is 49.5 Å². The maximum absolute atomic E-state index is 12.2. The number of fused-ring (bicyclic) bond motifs is 1. The van der Waals surface area contributed by atoms with Gasteiger partial charge in [0, 0.05) is 33.8 Å². The van der Waals surface area contributed by atoms with Crippen molar-refractivity contribution in [2.24, 2.45) is 0 Å². The van der Waals surface area contributed by atoms with Crippen LogP contribution in [0.25, 0.3) is 22.2 Å². The molecule has 0 fully saturated rings. The lowest BCUT2D eigenvalue weighted by Gasteiger charge is -2.19. The van der Waals surface area contributed by atoms with Gasteiger partial charge in [-0.2, -0.15) is 8.75 Å². The van der Waals surface area contributed by atoms with Gasteiger partial charge >= 0.3 is 5.97 Å².